The van der Waals surface area contributed by atoms with Gasteiger partial charge in [-0.15, -0.1) is 0 Å². The quantitative estimate of drug-likeness (QED) is 0.377. The van der Waals surface area contributed by atoms with Crippen LogP contribution in [-0.2, 0) is 34.7 Å². The van der Waals surface area contributed by atoms with Crippen molar-refractivity contribution < 1.29 is 19.7 Å². The molecule has 0 spiro atoms. The number of pyridine rings is 2. The summed E-state index contributed by atoms with van der Waals surface area (Å²) in [7, 11) is 0. The molecule has 3 N–H and O–H groups in total. The van der Waals surface area contributed by atoms with Crippen LogP contribution in [0.15, 0.2) is 29.1 Å². The normalized spacial score (nSPS) is 21.5. The number of nitrogens with one attached hydrogen (secondary N) is 1. The van der Waals surface area contributed by atoms with Gasteiger partial charge in [0.1, 0.15) is 12.4 Å². The number of aromatic hydroxyl groups is 1. The van der Waals surface area contributed by atoms with Gasteiger partial charge in [0, 0.05) is 55.7 Å². The van der Waals surface area contributed by atoms with Crippen LogP contribution in [0.1, 0.15) is 35.6 Å². The number of cyclic esters (lactones) is 1. The van der Waals surface area contributed by atoms with E-state index in [2.05, 4.69) is 10.2 Å². The van der Waals surface area contributed by atoms with E-state index in [1.165, 1.54) is 0 Å². The number of piperazine rings is 1. The molecule has 3 aromatic rings. The number of aromatic nitrogens is 2. The van der Waals surface area contributed by atoms with Crippen LogP contribution < -0.4 is 10.9 Å². The smallest absolute Gasteiger partial charge is 0.343 e. The molecule has 0 radical (unpaired) electrons. The second-order valence-electron chi connectivity index (χ2n) is 9.56. The number of hydrogen-bond acceptors (Lipinski definition) is 8. The molecule has 9 heteroatoms. The lowest BCUT2D eigenvalue weighted by Crippen LogP contribution is -2.49. The van der Waals surface area contributed by atoms with Gasteiger partial charge < -0.3 is 29.7 Å². The van der Waals surface area contributed by atoms with Crippen molar-refractivity contribution in [2.45, 2.75) is 38.5 Å². The number of aryl methyl sites for hydroxylation is 1. The van der Waals surface area contributed by atoms with E-state index in [1.807, 2.05) is 6.92 Å². The van der Waals surface area contributed by atoms with Gasteiger partial charge in [0.05, 0.1) is 29.0 Å². The summed E-state index contributed by atoms with van der Waals surface area (Å²) in [5.74, 6) is -0.541. The predicted octanol–water partition coefficient (Wildman–Crippen LogP) is 1.23. The number of carbonyl (C=O) groups excluding carboxylic acids is 1. The zero-order valence-corrected chi connectivity index (χ0v) is 19.6. The van der Waals surface area contributed by atoms with Crippen molar-refractivity contribution in [2.75, 3.05) is 32.7 Å². The third-order valence-electron chi connectivity index (χ3n) is 7.63. The molecule has 9 nitrogen and oxygen atoms in total. The second-order valence-corrected chi connectivity index (χ2v) is 9.56. The molecule has 1 saturated heterocycles. The number of fused-ring (bicyclic) bond motifs is 5. The first-order valence-electron chi connectivity index (χ1n) is 12.2. The standard InChI is InChI=1S/C26H28N4O5/c1-2-16-17-11-15(31)3-4-21(17)28-23-18(16)13-30-22(23)12-20-19(24(30)32)14-35-25(33)26(20,34)5-8-29-9-6-27-7-10-29/h3-4,11-12,27,31,34H,2,5-10,13-14H2,1H3/t26-/m0/s1. The van der Waals surface area contributed by atoms with Gasteiger partial charge in [-0.1, -0.05) is 6.92 Å². The summed E-state index contributed by atoms with van der Waals surface area (Å²) in [4.78, 5) is 33.5. The zero-order valence-electron chi connectivity index (χ0n) is 19.6. The van der Waals surface area contributed by atoms with Crippen LogP contribution in [0.3, 0.4) is 0 Å². The van der Waals surface area contributed by atoms with E-state index in [0.29, 0.717) is 42.0 Å². The molecule has 0 aliphatic carbocycles. The highest BCUT2D eigenvalue weighted by molar-refractivity contribution is 5.89. The molecule has 0 amide bonds. The molecular weight excluding hydrogens is 448 g/mol. The molecular formula is C26H28N4O5. The summed E-state index contributed by atoms with van der Waals surface area (Å²) in [6.45, 7) is 6.17. The molecule has 2 aromatic heterocycles. The number of ether oxygens (including phenoxy) is 1. The van der Waals surface area contributed by atoms with Gasteiger partial charge in [0.25, 0.3) is 5.56 Å². The van der Waals surface area contributed by atoms with Gasteiger partial charge in [-0.25, -0.2) is 9.78 Å². The fourth-order valence-electron chi connectivity index (χ4n) is 5.71. The molecule has 1 atom stereocenters. The lowest BCUT2D eigenvalue weighted by molar-refractivity contribution is -0.173. The van der Waals surface area contributed by atoms with Crippen molar-refractivity contribution in [1.82, 2.24) is 19.8 Å². The van der Waals surface area contributed by atoms with Gasteiger partial charge in [0.2, 0.25) is 0 Å². The molecule has 3 aliphatic heterocycles. The molecule has 5 heterocycles. The third kappa shape index (κ3) is 3.37. The van der Waals surface area contributed by atoms with Crippen LogP contribution >= 0.6 is 0 Å². The maximum Gasteiger partial charge on any atom is 0.343 e. The summed E-state index contributed by atoms with van der Waals surface area (Å²) in [6, 6.07) is 6.84. The molecule has 182 valence electrons. The average molecular weight is 477 g/mol. The number of benzene rings is 1. The summed E-state index contributed by atoms with van der Waals surface area (Å²) in [5, 5.41) is 25.8. The van der Waals surface area contributed by atoms with Gasteiger partial charge >= 0.3 is 5.97 Å². The summed E-state index contributed by atoms with van der Waals surface area (Å²) >= 11 is 0. The van der Waals surface area contributed by atoms with E-state index in [1.54, 1.807) is 28.8 Å². The number of aliphatic hydroxyl groups is 1. The molecule has 0 bridgehead atoms. The maximum atomic E-state index is 13.6. The van der Waals surface area contributed by atoms with Gasteiger partial charge in [-0.2, -0.15) is 0 Å². The first-order valence-corrected chi connectivity index (χ1v) is 12.2. The number of phenolic OH excluding ortho intramolecular Hbond substituents is 1. The van der Waals surface area contributed by atoms with Crippen LogP contribution in [0.4, 0.5) is 0 Å². The van der Waals surface area contributed by atoms with E-state index < -0.39 is 11.6 Å². The maximum absolute atomic E-state index is 13.6. The fraction of sp³-hybridized carbons (Fsp3) is 0.423. The number of nitrogens with zero attached hydrogens (tertiary/aromatic N) is 3. The monoisotopic (exact) mass is 476 g/mol. The Morgan fingerprint density at radius 3 is 2.74 bits per heavy atom. The van der Waals surface area contributed by atoms with Crippen LogP contribution in [0.2, 0.25) is 0 Å². The predicted molar refractivity (Wildman–Crippen MR) is 129 cm³/mol. The van der Waals surface area contributed by atoms with E-state index in [4.69, 9.17) is 9.72 Å². The van der Waals surface area contributed by atoms with Crippen molar-refractivity contribution in [3.05, 3.63) is 56.9 Å². The SMILES string of the molecule is CCc1c2c(nc3ccc(O)cc13)-c1cc3c(c(=O)n1C2)COC(=O)[C@]3(O)CCN1CCNCC1. The fourth-order valence-corrected chi connectivity index (χ4v) is 5.71. The average Bonchev–Trinajstić information content (AvgIpc) is 3.23. The van der Waals surface area contributed by atoms with Crippen molar-refractivity contribution in [2.24, 2.45) is 0 Å². The molecule has 1 fully saturated rings. The summed E-state index contributed by atoms with van der Waals surface area (Å²) in [5.41, 5.74) is 2.48. The Morgan fingerprint density at radius 2 is 1.97 bits per heavy atom. The van der Waals surface area contributed by atoms with Crippen molar-refractivity contribution >= 4 is 16.9 Å². The molecule has 6 rings (SSSR count). The Bertz CT molecular complexity index is 1430. The molecule has 35 heavy (non-hydrogen) atoms. The Labute approximate surface area is 202 Å². The van der Waals surface area contributed by atoms with E-state index in [0.717, 1.165) is 48.2 Å². The van der Waals surface area contributed by atoms with E-state index in [9.17, 15) is 19.8 Å². The first-order chi connectivity index (χ1) is 16.9. The Morgan fingerprint density at radius 1 is 1.17 bits per heavy atom. The Balaban J connectivity index is 1.48. The van der Waals surface area contributed by atoms with Crippen molar-refractivity contribution in [3.63, 3.8) is 0 Å². The molecule has 1 aromatic carbocycles. The van der Waals surface area contributed by atoms with E-state index in [-0.39, 0.29) is 24.3 Å². The number of carbonyl (C=O) groups is 1. The van der Waals surface area contributed by atoms with Crippen LogP contribution in [-0.4, -0.2) is 63.4 Å². The Hall–Kier alpha value is -3.27. The summed E-state index contributed by atoms with van der Waals surface area (Å²) in [6.07, 6.45) is 0.864. The summed E-state index contributed by atoms with van der Waals surface area (Å²) < 4.78 is 6.98. The van der Waals surface area contributed by atoms with Crippen LogP contribution in [0.5, 0.6) is 5.75 Å². The van der Waals surface area contributed by atoms with Crippen molar-refractivity contribution in [1.29, 1.82) is 0 Å². The third-order valence-corrected chi connectivity index (χ3v) is 7.63. The lowest BCUT2D eigenvalue weighted by atomic mass is 9.85. The number of phenols is 1. The second kappa shape index (κ2) is 8.15. The highest BCUT2D eigenvalue weighted by Gasteiger charge is 2.46. The highest BCUT2D eigenvalue weighted by atomic mass is 16.6. The minimum atomic E-state index is -1.88. The zero-order chi connectivity index (χ0) is 24.3. The highest BCUT2D eigenvalue weighted by Crippen LogP contribution is 2.40. The van der Waals surface area contributed by atoms with Crippen LogP contribution in [0.25, 0.3) is 22.3 Å². The van der Waals surface area contributed by atoms with Gasteiger partial charge in [-0.05, 0) is 36.2 Å². The number of esters is 1. The van der Waals surface area contributed by atoms with E-state index >= 15 is 0 Å². The van der Waals surface area contributed by atoms with Gasteiger partial charge in [-0.3, -0.25) is 4.79 Å². The molecule has 0 unspecified atom stereocenters. The Kier molecular flexibility index (Phi) is 5.17. The first kappa shape index (κ1) is 22.2. The molecule has 0 saturated carbocycles. The minimum Gasteiger partial charge on any atom is -0.508 e. The number of rotatable bonds is 4. The van der Waals surface area contributed by atoms with Crippen LogP contribution in [0, 0.1) is 0 Å². The number of hydrogen-bond donors (Lipinski definition) is 3. The minimum absolute atomic E-state index is 0.149. The largest absolute Gasteiger partial charge is 0.508 e. The van der Waals surface area contributed by atoms with Gasteiger partial charge in [0.15, 0.2) is 5.60 Å². The lowest BCUT2D eigenvalue weighted by Gasteiger charge is -2.35. The topological polar surface area (TPSA) is 117 Å². The molecule has 3 aliphatic rings. The van der Waals surface area contributed by atoms with Crippen molar-refractivity contribution in [3.8, 4) is 17.1 Å².